The standard InChI is InChI=1S/C24H48N2/c1-4-7-10-12-14-16-19-24-25(20-17-9-6-3)22-23-26(24)21-18-15-13-11-8-5-2/h22-24H,4-21H2,1-3H3. The summed E-state index contributed by atoms with van der Waals surface area (Å²) in [6.07, 6.45) is 27.6. The highest BCUT2D eigenvalue weighted by Crippen LogP contribution is 2.23. The molecular formula is C24H48N2. The fraction of sp³-hybridized carbons (Fsp3) is 0.917. The first-order chi connectivity index (χ1) is 12.8. The van der Waals surface area contributed by atoms with E-state index in [1.165, 1.54) is 116 Å². The van der Waals surface area contributed by atoms with Crippen molar-refractivity contribution >= 4 is 0 Å². The maximum Gasteiger partial charge on any atom is 0.101 e. The molecule has 154 valence electrons. The SMILES string of the molecule is CCCCCCCCC1N(CCCCC)C=CN1CCCCCCCC. The van der Waals surface area contributed by atoms with E-state index in [4.69, 9.17) is 0 Å². The Morgan fingerprint density at radius 3 is 1.42 bits per heavy atom. The molecule has 0 spiro atoms. The Bertz CT molecular complexity index is 326. The van der Waals surface area contributed by atoms with Crippen LogP contribution in [0.25, 0.3) is 0 Å². The van der Waals surface area contributed by atoms with Gasteiger partial charge in [-0.25, -0.2) is 0 Å². The number of hydrogen-bond acceptors (Lipinski definition) is 2. The smallest absolute Gasteiger partial charge is 0.101 e. The molecule has 1 aliphatic heterocycles. The predicted molar refractivity (Wildman–Crippen MR) is 117 cm³/mol. The number of hydrogen-bond donors (Lipinski definition) is 0. The van der Waals surface area contributed by atoms with Crippen LogP contribution in [0.1, 0.15) is 124 Å². The lowest BCUT2D eigenvalue weighted by atomic mass is 10.1. The predicted octanol–water partition coefficient (Wildman–Crippen LogP) is 7.70. The molecule has 0 bridgehead atoms. The second-order valence-corrected chi connectivity index (χ2v) is 8.29. The maximum atomic E-state index is 2.65. The molecule has 0 aliphatic carbocycles. The lowest BCUT2D eigenvalue weighted by molar-refractivity contribution is 0.135. The van der Waals surface area contributed by atoms with E-state index >= 15 is 0 Å². The van der Waals surface area contributed by atoms with Crippen LogP contribution in [0.3, 0.4) is 0 Å². The third-order valence-corrected chi connectivity index (χ3v) is 5.82. The summed E-state index contributed by atoms with van der Waals surface area (Å²) in [5, 5.41) is 0. The van der Waals surface area contributed by atoms with E-state index < -0.39 is 0 Å². The van der Waals surface area contributed by atoms with Gasteiger partial charge in [0.25, 0.3) is 0 Å². The van der Waals surface area contributed by atoms with Gasteiger partial charge in [-0.2, -0.15) is 0 Å². The van der Waals surface area contributed by atoms with Crippen LogP contribution in [-0.4, -0.2) is 29.1 Å². The lowest BCUT2D eigenvalue weighted by Crippen LogP contribution is -2.39. The van der Waals surface area contributed by atoms with Crippen molar-refractivity contribution in [2.24, 2.45) is 0 Å². The van der Waals surface area contributed by atoms with Gasteiger partial charge >= 0.3 is 0 Å². The highest BCUT2D eigenvalue weighted by atomic mass is 15.4. The molecule has 0 saturated carbocycles. The van der Waals surface area contributed by atoms with Crippen LogP contribution < -0.4 is 0 Å². The summed E-state index contributed by atoms with van der Waals surface area (Å²) >= 11 is 0. The Morgan fingerprint density at radius 1 is 0.500 bits per heavy atom. The van der Waals surface area contributed by atoms with Crippen LogP contribution in [0.5, 0.6) is 0 Å². The van der Waals surface area contributed by atoms with Crippen molar-refractivity contribution in [2.75, 3.05) is 13.1 Å². The normalized spacial score (nSPS) is 16.8. The minimum Gasteiger partial charge on any atom is -0.356 e. The molecule has 0 N–H and O–H groups in total. The molecule has 1 aliphatic rings. The van der Waals surface area contributed by atoms with Gasteiger partial charge in [-0.05, 0) is 25.7 Å². The number of unbranched alkanes of at least 4 members (excludes halogenated alkanes) is 12. The molecule has 26 heavy (non-hydrogen) atoms. The fourth-order valence-electron chi connectivity index (χ4n) is 4.07. The van der Waals surface area contributed by atoms with Crippen LogP contribution in [0.15, 0.2) is 12.4 Å². The van der Waals surface area contributed by atoms with Crippen molar-refractivity contribution in [3.63, 3.8) is 0 Å². The van der Waals surface area contributed by atoms with E-state index in [9.17, 15) is 0 Å². The van der Waals surface area contributed by atoms with Crippen LogP contribution in [-0.2, 0) is 0 Å². The molecule has 1 rings (SSSR count). The molecule has 1 atom stereocenters. The van der Waals surface area contributed by atoms with Crippen LogP contribution in [0.4, 0.5) is 0 Å². The second kappa shape index (κ2) is 16.5. The fourth-order valence-corrected chi connectivity index (χ4v) is 4.07. The zero-order valence-electron chi connectivity index (χ0n) is 18.4. The lowest BCUT2D eigenvalue weighted by Gasteiger charge is -2.33. The van der Waals surface area contributed by atoms with Gasteiger partial charge in [0, 0.05) is 25.5 Å². The van der Waals surface area contributed by atoms with Crippen molar-refractivity contribution in [1.29, 1.82) is 0 Å². The number of rotatable bonds is 18. The molecule has 1 unspecified atom stereocenters. The molecular weight excluding hydrogens is 316 g/mol. The first-order valence-electron chi connectivity index (χ1n) is 12.0. The Labute approximate surface area is 165 Å². The highest BCUT2D eigenvalue weighted by Gasteiger charge is 2.24. The van der Waals surface area contributed by atoms with Gasteiger partial charge in [-0.3, -0.25) is 0 Å². The third-order valence-electron chi connectivity index (χ3n) is 5.82. The molecule has 0 fully saturated rings. The van der Waals surface area contributed by atoms with Gasteiger partial charge in [-0.15, -0.1) is 0 Å². The molecule has 2 nitrogen and oxygen atoms in total. The van der Waals surface area contributed by atoms with Gasteiger partial charge in [0.05, 0.1) is 0 Å². The summed E-state index contributed by atoms with van der Waals surface area (Å²) in [5.74, 6) is 0. The summed E-state index contributed by atoms with van der Waals surface area (Å²) < 4.78 is 0. The summed E-state index contributed by atoms with van der Waals surface area (Å²) in [6, 6.07) is 0. The summed E-state index contributed by atoms with van der Waals surface area (Å²) in [6.45, 7) is 9.41. The van der Waals surface area contributed by atoms with Crippen molar-refractivity contribution < 1.29 is 0 Å². The van der Waals surface area contributed by atoms with Gasteiger partial charge in [-0.1, -0.05) is 97.8 Å². The molecule has 0 aromatic heterocycles. The first-order valence-corrected chi connectivity index (χ1v) is 12.0. The zero-order chi connectivity index (χ0) is 18.9. The quantitative estimate of drug-likeness (QED) is 0.230. The van der Waals surface area contributed by atoms with Crippen molar-refractivity contribution in [2.45, 2.75) is 130 Å². The Hall–Kier alpha value is -0.660. The van der Waals surface area contributed by atoms with Crippen LogP contribution >= 0.6 is 0 Å². The molecule has 0 aromatic rings. The minimum atomic E-state index is 0.647. The monoisotopic (exact) mass is 364 g/mol. The second-order valence-electron chi connectivity index (χ2n) is 8.29. The van der Waals surface area contributed by atoms with Crippen molar-refractivity contribution in [1.82, 2.24) is 9.80 Å². The van der Waals surface area contributed by atoms with Crippen LogP contribution in [0.2, 0.25) is 0 Å². The Balaban J connectivity index is 2.30. The zero-order valence-corrected chi connectivity index (χ0v) is 18.4. The van der Waals surface area contributed by atoms with E-state index in [0.29, 0.717) is 6.17 Å². The summed E-state index contributed by atoms with van der Waals surface area (Å²) in [5.41, 5.74) is 0. The van der Waals surface area contributed by atoms with E-state index in [1.54, 1.807) is 0 Å². The molecule has 0 aromatic carbocycles. The van der Waals surface area contributed by atoms with Crippen LogP contribution in [0, 0.1) is 0 Å². The average Bonchev–Trinajstić information content (AvgIpc) is 3.03. The van der Waals surface area contributed by atoms with Gasteiger partial charge in [0.15, 0.2) is 0 Å². The highest BCUT2D eigenvalue weighted by molar-refractivity contribution is 4.96. The molecule has 0 radical (unpaired) electrons. The minimum absolute atomic E-state index is 0.647. The summed E-state index contributed by atoms with van der Waals surface area (Å²) in [7, 11) is 0. The third kappa shape index (κ3) is 10.5. The first kappa shape index (κ1) is 23.4. The number of nitrogens with zero attached hydrogens (tertiary/aromatic N) is 2. The van der Waals surface area contributed by atoms with Gasteiger partial charge in [0.2, 0.25) is 0 Å². The Kier molecular flexibility index (Phi) is 14.8. The molecule has 2 heteroatoms. The molecule has 0 saturated heterocycles. The van der Waals surface area contributed by atoms with E-state index in [2.05, 4.69) is 43.0 Å². The van der Waals surface area contributed by atoms with E-state index in [1.807, 2.05) is 0 Å². The van der Waals surface area contributed by atoms with Crippen molar-refractivity contribution in [3.8, 4) is 0 Å². The maximum absolute atomic E-state index is 2.65. The van der Waals surface area contributed by atoms with Gasteiger partial charge < -0.3 is 9.80 Å². The Morgan fingerprint density at radius 2 is 0.885 bits per heavy atom. The molecule has 1 heterocycles. The topological polar surface area (TPSA) is 6.48 Å². The largest absolute Gasteiger partial charge is 0.356 e. The van der Waals surface area contributed by atoms with Gasteiger partial charge in [0.1, 0.15) is 6.17 Å². The van der Waals surface area contributed by atoms with Crippen molar-refractivity contribution in [3.05, 3.63) is 12.4 Å². The average molecular weight is 365 g/mol. The molecule has 0 amide bonds. The summed E-state index contributed by atoms with van der Waals surface area (Å²) in [4.78, 5) is 5.29. The van der Waals surface area contributed by atoms with E-state index in [-0.39, 0.29) is 0 Å². The van der Waals surface area contributed by atoms with E-state index in [0.717, 1.165) is 0 Å².